The Labute approximate surface area is 88.0 Å². The molecule has 0 spiro atoms. The predicted octanol–water partition coefficient (Wildman–Crippen LogP) is 1.71. The van der Waals surface area contributed by atoms with Gasteiger partial charge in [0, 0.05) is 0 Å². The van der Waals surface area contributed by atoms with E-state index in [9.17, 15) is 9.18 Å². The van der Waals surface area contributed by atoms with Crippen LogP contribution in [0, 0.1) is 11.7 Å². The zero-order valence-electron chi connectivity index (χ0n) is 8.74. The smallest absolute Gasteiger partial charge is 0.328 e. The molecule has 0 saturated carbocycles. The maximum atomic E-state index is 13.1. The molecule has 0 aromatic heterocycles. The monoisotopic (exact) mass is 211 g/mol. The highest BCUT2D eigenvalue weighted by atomic mass is 19.1. The van der Waals surface area contributed by atoms with Crippen LogP contribution in [0.25, 0.3) is 0 Å². The summed E-state index contributed by atoms with van der Waals surface area (Å²) >= 11 is 0. The van der Waals surface area contributed by atoms with Gasteiger partial charge in [0.2, 0.25) is 0 Å². The van der Waals surface area contributed by atoms with E-state index in [1.807, 2.05) is 0 Å². The molecule has 1 unspecified atom stereocenters. The Kier molecular flexibility index (Phi) is 3.80. The molecule has 1 atom stereocenters. The van der Waals surface area contributed by atoms with Crippen molar-refractivity contribution in [1.82, 2.24) is 0 Å². The van der Waals surface area contributed by atoms with Crippen LogP contribution < -0.4 is 10.5 Å². The summed E-state index contributed by atoms with van der Waals surface area (Å²) in [6, 6.07) is 5.00. The van der Waals surface area contributed by atoms with Crippen molar-refractivity contribution in [3.63, 3.8) is 0 Å². The first-order valence-corrected chi connectivity index (χ1v) is 4.74. The van der Waals surface area contributed by atoms with Crippen molar-refractivity contribution in [3.8, 4) is 5.75 Å². The lowest BCUT2D eigenvalue weighted by molar-refractivity contribution is -0.137. The summed E-state index contributed by atoms with van der Waals surface area (Å²) in [7, 11) is 0. The Morgan fingerprint density at radius 1 is 1.40 bits per heavy atom. The van der Waals surface area contributed by atoms with Gasteiger partial charge in [-0.2, -0.15) is 0 Å². The Hall–Kier alpha value is -1.42. The summed E-state index contributed by atoms with van der Waals surface area (Å²) in [4.78, 5) is 11.4. The predicted molar refractivity (Wildman–Crippen MR) is 54.8 cm³/mol. The van der Waals surface area contributed by atoms with E-state index in [1.54, 1.807) is 19.9 Å². The van der Waals surface area contributed by atoms with Gasteiger partial charge in [-0.15, -0.1) is 0 Å². The molecule has 0 aliphatic carbocycles. The van der Waals surface area contributed by atoms with E-state index in [1.165, 1.54) is 18.2 Å². The van der Waals surface area contributed by atoms with Crippen molar-refractivity contribution in [3.05, 3.63) is 30.1 Å². The molecule has 0 saturated heterocycles. The number of para-hydroxylation sites is 1. The first kappa shape index (κ1) is 11.7. The second kappa shape index (κ2) is 4.89. The Morgan fingerprint density at radius 3 is 2.53 bits per heavy atom. The molecule has 1 aromatic carbocycles. The molecular weight excluding hydrogens is 197 g/mol. The lowest BCUT2D eigenvalue weighted by atomic mass is 10.1. The molecule has 0 aliphatic rings. The average Bonchev–Trinajstić information content (AvgIpc) is 2.20. The SMILES string of the molecule is CC(C)C(N)C(=O)Oc1ccccc1F. The van der Waals surface area contributed by atoms with Crippen LogP contribution >= 0.6 is 0 Å². The lowest BCUT2D eigenvalue weighted by Crippen LogP contribution is -2.38. The highest BCUT2D eigenvalue weighted by molar-refractivity contribution is 5.78. The van der Waals surface area contributed by atoms with Crippen molar-refractivity contribution >= 4 is 5.97 Å². The molecule has 0 aliphatic heterocycles. The van der Waals surface area contributed by atoms with Gasteiger partial charge in [0.05, 0.1) is 0 Å². The quantitative estimate of drug-likeness (QED) is 0.611. The van der Waals surface area contributed by atoms with Gasteiger partial charge in [0.15, 0.2) is 11.6 Å². The van der Waals surface area contributed by atoms with Crippen LogP contribution in [-0.4, -0.2) is 12.0 Å². The number of hydrogen-bond acceptors (Lipinski definition) is 3. The van der Waals surface area contributed by atoms with Crippen LogP contribution in [0.1, 0.15) is 13.8 Å². The van der Waals surface area contributed by atoms with Crippen molar-refractivity contribution in [2.75, 3.05) is 0 Å². The van der Waals surface area contributed by atoms with Gasteiger partial charge in [-0.3, -0.25) is 0 Å². The minimum absolute atomic E-state index is 0.0377. The van der Waals surface area contributed by atoms with Gasteiger partial charge >= 0.3 is 5.97 Å². The number of rotatable bonds is 3. The summed E-state index contributed by atoms with van der Waals surface area (Å²) in [5.41, 5.74) is 5.56. The summed E-state index contributed by atoms with van der Waals surface area (Å²) in [6.07, 6.45) is 0. The van der Waals surface area contributed by atoms with E-state index in [0.717, 1.165) is 0 Å². The van der Waals surface area contributed by atoms with E-state index in [2.05, 4.69) is 0 Å². The minimum atomic E-state index is -0.732. The van der Waals surface area contributed by atoms with Crippen LogP contribution in [0.2, 0.25) is 0 Å². The summed E-state index contributed by atoms with van der Waals surface area (Å²) < 4.78 is 17.9. The number of benzene rings is 1. The first-order valence-electron chi connectivity index (χ1n) is 4.74. The fraction of sp³-hybridized carbons (Fsp3) is 0.364. The number of ether oxygens (including phenoxy) is 1. The Morgan fingerprint density at radius 2 is 2.00 bits per heavy atom. The van der Waals surface area contributed by atoms with Gasteiger partial charge in [0.25, 0.3) is 0 Å². The lowest BCUT2D eigenvalue weighted by Gasteiger charge is -2.14. The van der Waals surface area contributed by atoms with E-state index in [0.29, 0.717) is 0 Å². The molecular formula is C11H14FNO2. The molecule has 15 heavy (non-hydrogen) atoms. The Balaban J connectivity index is 2.71. The summed E-state index contributed by atoms with van der Waals surface area (Å²) in [6.45, 7) is 3.60. The molecule has 1 rings (SSSR count). The van der Waals surface area contributed by atoms with Crippen molar-refractivity contribution in [2.24, 2.45) is 11.7 Å². The van der Waals surface area contributed by atoms with E-state index in [4.69, 9.17) is 10.5 Å². The second-order valence-electron chi connectivity index (χ2n) is 3.62. The second-order valence-corrected chi connectivity index (χ2v) is 3.62. The van der Waals surface area contributed by atoms with Gasteiger partial charge in [0.1, 0.15) is 6.04 Å². The molecule has 1 aromatic rings. The molecule has 3 nitrogen and oxygen atoms in total. The van der Waals surface area contributed by atoms with Crippen molar-refractivity contribution < 1.29 is 13.9 Å². The van der Waals surface area contributed by atoms with Crippen LogP contribution in [-0.2, 0) is 4.79 Å². The largest absolute Gasteiger partial charge is 0.422 e. The van der Waals surface area contributed by atoms with Gasteiger partial charge < -0.3 is 10.5 Å². The summed E-state index contributed by atoms with van der Waals surface area (Å²) in [5, 5.41) is 0. The minimum Gasteiger partial charge on any atom is -0.422 e. The van der Waals surface area contributed by atoms with E-state index < -0.39 is 17.8 Å². The number of hydrogen-bond donors (Lipinski definition) is 1. The number of carbonyl (C=O) groups excluding carboxylic acids is 1. The number of esters is 1. The first-order chi connectivity index (χ1) is 7.02. The third-order valence-corrected chi connectivity index (χ3v) is 2.04. The number of halogens is 1. The zero-order chi connectivity index (χ0) is 11.4. The topological polar surface area (TPSA) is 52.3 Å². The molecule has 0 bridgehead atoms. The van der Waals surface area contributed by atoms with Gasteiger partial charge in [-0.1, -0.05) is 26.0 Å². The summed E-state index contributed by atoms with van der Waals surface area (Å²) in [5.74, 6) is -1.31. The number of nitrogens with two attached hydrogens (primary N) is 1. The normalized spacial score (nSPS) is 12.6. The fourth-order valence-electron chi connectivity index (χ4n) is 0.976. The number of carbonyl (C=O) groups is 1. The van der Waals surface area contributed by atoms with Gasteiger partial charge in [-0.25, -0.2) is 9.18 Å². The average molecular weight is 211 g/mol. The molecule has 4 heteroatoms. The molecule has 0 radical (unpaired) electrons. The van der Waals surface area contributed by atoms with Crippen molar-refractivity contribution in [1.29, 1.82) is 0 Å². The fourth-order valence-corrected chi connectivity index (χ4v) is 0.976. The van der Waals surface area contributed by atoms with E-state index in [-0.39, 0.29) is 11.7 Å². The molecule has 82 valence electrons. The highest BCUT2D eigenvalue weighted by Crippen LogP contribution is 2.16. The molecule has 0 amide bonds. The third-order valence-electron chi connectivity index (χ3n) is 2.04. The maximum Gasteiger partial charge on any atom is 0.328 e. The van der Waals surface area contributed by atoms with Gasteiger partial charge in [-0.05, 0) is 18.1 Å². The van der Waals surface area contributed by atoms with Crippen LogP contribution in [0.3, 0.4) is 0 Å². The molecule has 0 fully saturated rings. The van der Waals surface area contributed by atoms with Crippen molar-refractivity contribution in [2.45, 2.75) is 19.9 Å². The van der Waals surface area contributed by atoms with E-state index >= 15 is 0 Å². The highest BCUT2D eigenvalue weighted by Gasteiger charge is 2.20. The third kappa shape index (κ3) is 3.02. The standard InChI is InChI=1S/C11H14FNO2/c1-7(2)10(13)11(14)15-9-6-4-3-5-8(9)12/h3-7,10H,13H2,1-2H3. The molecule has 0 heterocycles. The Bertz CT molecular complexity index is 352. The maximum absolute atomic E-state index is 13.1. The molecule has 2 N–H and O–H groups in total. The van der Waals surface area contributed by atoms with Crippen LogP contribution in [0.15, 0.2) is 24.3 Å². The van der Waals surface area contributed by atoms with Crippen LogP contribution in [0.4, 0.5) is 4.39 Å². The van der Waals surface area contributed by atoms with Crippen LogP contribution in [0.5, 0.6) is 5.75 Å². The zero-order valence-corrected chi connectivity index (χ0v) is 8.74.